The number of nitrogens with zero attached hydrogens (tertiary/aromatic N) is 2. The second-order valence-corrected chi connectivity index (χ2v) is 5.16. The lowest BCUT2D eigenvalue weighted by Crippen LogP contribution is -2.41. The van der Waals surface area contributed by atoms with E-state index in [0.29, 0.717) is 17.8 Å². The zero-order valence-electron chi connectivity index (χ0n) is 10.3. The average Bonchev–Trinajstić information content (AvgIpc) is 3.09. The standard InChI is InChI=1S/C13H17N3O2/c17-12-5-1-3-10(12)11-4-2-6-16(11)13(18)9-7-14-15-8-9/h7-8,10-11H,1-6H2,(H,14,15). The van der Waals surface area contributed by atoms with Crippen LogP contribution in [0.1, 0.15) is 42.5 Å². The van der Waals surface area contributed by atoms with Crippen molar-refractivity contribution in [3.8, 4) is 0 Å². The Hall–Kier alpha value is -1.65. The molecule has 2 fully saturated rings. The fourth-order valence-corrected chi connectivity index (χ4v) is 3.25. The molecule has 0 radical (unpaired) electrons. The van der Waals surface area contributed by atoms with Gasteiger partial charge in [-0.25, -0.2) is 0 Å². The smallest absolute Gasteiger partial charge is 0.257 e. The fraction of sp³-hybridized carbons (Fsp3) is 0.615. The van der Waals surface area contributed by atoms with Crippen LogP contribution >= 0.6 is 0 Å². The van der Waals surface area contributed by atoms with Crippen LogP contribution < -0.4 is 0 Å². The SMILES string of the molecule is O=C1CCCC1C1CCCN1C(=O)c1cn[nH]c1. The molecule has 1 aliphatic heterocycles. The van der Waals surface area contributed by atoms with Crippen LogP contribution in [0.3, 0.4) is 0 Å². The number of carbonyl (C=O) groups excluding carboxylic acids is 2. The molecule has 2 aliphatic rings. The summed E-state index contributed by atoms with van der Waals surface area (Å²) in [4.78, 5) is 26.1. The number of nitrogens with one attached hydrogen (secondary N) is 1. The van der Waals surface area contributed by atoms with E-state index in [0.717, 1.165) is 32.2 Å². The zero-order valence-corrected chi connectivity index (χ0v) is 10.3. The molecule has 0 aromatic carbocycles. The molecule has 18 heavy (non-hydrogen) atoms. The van der Waals surface area contributed by atoms with Crippen LogP contribution in [0.25, 0.3) is 0 Å². The number of amides is 1. The highest BCUT2D eigenvalue weighted by Gasteiger charge is 2.40. The van der Waals surface area contributed by atoms with Gasteiger partial charge in [0.25, 0.3) is 5.91 Å². The van der Waals surface area contributed by atoms with Crippen molar-refractivity contribution in [2.45, 2.75) is 38.1 Å². The summed E-state index contributed by atoms with van der Waals surface area (Å²) < 4.78 is 0. The van der Waals surface area contributed by atoms with Gasteiger partial charge in [-0.15, -0.1) is 0 Å². The molecule has 1 aromatic heterocycles. The second kappa shape index (κ2) is 4.55. The minimum absolute atomic E-state index is 0.00551. The normalized spacial score (nSPS) is 28.0. The number of Topliss-reactive ketones (excluding diaryl/α,β-unsaturated/α-hetero) is 1. The van der Waals surface area contributed by atoms with E-state index in [2.05, 4.69) is 10.2 Å². The first-order valence-electron chi connectivity index (χ1n) is 6.60. The summed E-state index contributed by atoms with van der Waals surface area (Å²) in [5.74, 6) is 0.418. The van der Waals surface area contributed by atoms with Gasteiger partial charge >= 0.3 is 0 Å². The maximum Gasteiger partial charge on any atom is 0.257 e. The van der Waals surface area contributed by atoms with E-state index in [4.69, 9.17) is 0 Å². The summed E-state index contributed by atoms with van der Waals surface area (Å²) in [5.41, 5.74) is 0.590. The van der Waals surface area contributed by atoms with E-state index < -0.39 is 0 Å². The van der Waals surface area contributed by atoms with E-state index in [1.807, 2.05) is 4.90 Å². The molecule has 0 spiro atoms. The highest BCUT2D eigenvalue weighted by atomic mass is 16.2. The van der Waals surface area contributed by atoms with E-state index in [9.17, 15) is 9.59 Å². The Kier molecular flexibility index (Phi) is 2.89. The van der Waals surface area contributed by atoms with Gasteiger partial charge < -0.3 is 4.90 Å². The maximum absolute atomic E-state index is 12.3. The zero-order chi connectivity index (χ0) is 12.5. The van der Waals surface area contributed by atoms with Crippen molar-refractivity contribution < 1.29 is 9.59 Å². The van der Waals surface area contributed by atoms with E-state index in [1.54, 1.807) is 12.4 Å². The molecule has 2 unspecified atom stereocenters. The summed E-state index contributed by atoms with van der Waals surface area (Å²) in [5, 5.41) is 6.48. The third kappa shape index (κ3) is 1.83. The number of likely N-dealkylation sites (tertiary alicyclic amines) is 1. The second-order valence-electron chi connectivity index (χ2n) is 5.16. The van der Waals surface area contributed by atoms with Gasteiger partial charge in [0.15, 0.2) is 0 Å². The first-order valence-corrected chi connectivity index (χ1v) is 6.60. The number of aromatic amines is 1. The summed E-state index contributed by atoms with van der Waals surface area (Å²) in [7, 11) is 0. The highest BCUT2D eigenvalue weighted by molar-refractivity contribution is 5.94. The van der Waals surface area contributed by atoms with Gasteiger partial charge in [0.2, 0.25) is 0 Å². The van der Waals surface area contributed by atoms with Gasteiger partial charge in [0.1, 0.15) is 5.78 Å². The third-order valence-electron chi connectivity index (χ3n) is 4.12. The largest absolute Gasteiger partial charge is 0.335 e. The third-order valence-corrected chi connectivity index (χ3v) is 4.12. The van der Waals surface area contributed by atoms with Crippen LogP contribution in [0.15, 0.2) is 12.4 Å². The van der Waals surface area contributed by atoms with Crippen molar-refractivity contribution in [1.82, 2.24) is 15.1 Å². The first kappa shape index (κ1) is 11.4. The molecule has 1 aliphatic carbocycles. The number of hydrogen-bond acceptors (Lipinski definition) is 3. The molecule has 1 amide bonds. The lowest BCUT2D eigenvalue weighted by atomic mass is 9.95. The topological polar surface area (TPSA) is 66.1 Å². The molecule has 1 saturated heterocycles. The van der Waals surface area contributed by atoms with Gasteiger partial charge in [-0.3, -0.25) is 14.7 Å². The molecule has 1 N–H and O–H groups in total. The van der Waals surface area contributed by atoms with Crippen molar-refractivity contribution >= 4 is 11.7 Å². The molecular weight excluding hydrogens is 230 g/mol. The lowest BCUT2D eigenvalue weighted by molar-refractivity contribution is -0.121. The van der Waals surface area contributed by atoms with Gasteiger partial charge in [-0.1, -0.05) is 0 Å². The minimum Gasteiger partial charge on any atom is -0.335 e. The molecule has 2 heterocycles. The molecule has 1 saturated carbocycles. The van der Waals surface area contributed by atoms with Gasteiger partial charge in [-0.2, -0.15) is 5.10 Å². The Bertz CT molecular complexity index is 455. The van der Waals surface area contributed by atoms with Crippen molar-refractivity contribution in [3.63, 3.8) is 0 Å². The Labute approximate surface area is 106 Å². The summed E-state index contributed by atoms with van der Waals surface area (Å²) >= 11 is 0. The average molecular weight is 247 g/mol. The highest BCUT2D eigenvalue weighted by Crippen LogP contribution is 2.33. The molecule has 3 rings (SSSR count). The van der Waals surface area contributed by atoms with Crippen LogP contribution in [-0.2, 0) is 4.79 Å². The van der Waals surface area contributed by atoms with E-state index in [1.165, 1.54) is 0 Å². The fourth-order valence-electron chi connectivity index (χ4n) is 3.25. The monoisotopic (exact) mass is 247 g/mol. The lowest BCUT2D eigenvalue weighted by Gasteiger charge is -2.28. The number of aromatic nitrogens is 2. The Balaban J connectivity index is 1.79. The number of hydrogen-bond donors (Lipinski definition) is 1. The van der Waals surface area contributed by atoms with Crippen LogP contribution in [-0.4, -0.2) is 39.4 Å². The molecule has 96 valence electrons. The Morgan fingerprint density at radius 2 is 2.28 bits per heavy atom. The summed E-state index contributed by atoms with van der Waals surface area (Å²) in [6, 6.07) is 0.113. The number of carbonyl (C=O) groups is 2. The molecule has 0 bridgehead atoms. The molecule has 5 heteroatoms. The van der Waals surface area contributed by atoms with Crippen molar-refractivity contribution in [3.05, 3.63) is 18.0 Å². The first-order chi connectivity index (χ1) is 8.77. The van der Waals surface area contributed by atoms with Gasteiger partial charge in [0, 0.05) is 31.1 Å². The van der Waals surface area contributed by atoms with Crippen LogP contribution in [0, 0.1) is 5.92 Å². The molecule has 1 aromatic rings. The van der Waals surface area contributed by atoms with Crippen LogP contribution in [0.5, 0.6) is 0 Å². The van der Waals surface area contributed by atoms with E-state index in [-0.39, 0.29) is 17.9 Å². The number of rotatable bonds is 2. The molecule has 5 nitrogen and oxygen atoms in total. The van der Waals surface area contributed by atoms with Crippen LogP contribution in [0.4, 0.5) is 0 Å². The summed E-state index contributed by atoms with van der Waals surface area (Å²) in [6.45, 7) is 0.762. The van der Waals surface area contributed by atoms with Gasteiger partial charge in [0.05, 0.1) is 11.8 Å². The molecule has 2 atom stereocenters. The maximum atomic E-state index is 12.3. The molecular formula is C13H17N3O2. The minimum atomic E-state index is 0.00551. The quantitative estimate of drug-likeness (QED) is 0.858. The van der Waals surface area contributed by atoms with Gasteiger partial charge in [-0.05, 0) is 25.7 Å². The van der Waals surface area contributed by atoms with E-state index >= 15 is 0 Å². The number of H-pyrrole nitrogens is 1. The Morgan fingerprint density at radius 3 is 2.94 bits per heavy atom. The predicted octanol–water partition coefficient (Wildman–Crippen LogP) is 1.38. The van der Waals surface area contributed by atoms with Crippen molar-refractivity contribution in [1.29, 1.82) is 0 Å². The predicted molar refractivity (Wildman–Crippen MR) is 65.0 cm³/mol. The summed E-state index contributed by atoms with van der Waals surface area (Å²) in [6.07, 6.45) is 7.74. The Morgan fingerprint density at radius 1 is 1.39 bits per heavy atom. The van der Waals surface area contributed by atoms with Crippen molar-refractivity contribution in [2.75, 3.05) is 6.54 Å². The van der Waals surface area contributed by atoms with Crippen LogP contribution in [0.2, 0.25) is 0 Å². The van der Waals surface area contributed by atoms with Crippen molar-refractivity contribution in [2.24, 2.45) is 5.92 Å². The number of ketones is 1.